The molecular weight excluding hydrogens is 331 g/mol. The Morgan fingerprint density at radius 2 is 2.26 bits per heavy atom. The van der Waals surface area contributed by atoms with Gasteiger partial charge in [0.25, 0.3) is 0 Å². The van der Waals surface area contributed by atoms with Crippen LogP contribution in [-0.2, 0) is 11.3 Å². The Hall–Kier alpha value is -0.590. The molecule has 1 amide bonds. The summed E-state index contributed by atoms with van der Waals surface area (Å²) in [5.41, 5.74) is 6.29. The van der Waals surface area contributed by atoms with Gasteiger partial charge in [-0.25, -0.2) is 4.39 Å². The van der Waals surface area contributed by atoms with Crippen LogP contribution in [0.15, 0.2) is 22.7 Å². The number of thioether (sulfide) groups is 1. The van der Waals surface area contributed by atoms with E-state index in [4.69, 9.17) is 5.73 Å². The summed E-state index contributed by atoms with van der Waals surface area (Å²) in [6, 6.07) is 4.16. The summed E-state index contributed by atoms with van der Waals surface area (Å²) in [5.74, 6) is 0.361. The van der Waals surface area contributed by atoms with Gasteiger partial charge in [0.05, 0.1) is 6.04 Å². The first-order valence-electron chi connectivity index (χ1n) is 5.89. The molecule has 106 valence electrons. The molecule has 0 bridgehead atoms. The van der Waals surface area contributed by atoms with Gasteiger partial charge in [0, 0.05) is 23.6 Å². The molecule has 1 rings (SSSR count). The van der Waals surface area contributed by atoms with Crippen molar-refractivity contribution < 1.29 is 9.18 Å². The van der Waals surface area contributed by atoms with Crippen molar-refractivity contribution in [2.24, 2.45) is 5.73 Å². The summed E-state index contributed by atoms with van der Waals surface area (Å²) in [7, 11) is 1.64. The summed E-state index contributed by atoms with van der Waals surface area (Å²) in [4.78, 5) is 13.5. The van der Waals surface area contributed by atoms with E-state index < -0.39 is 6.04 Å². The third-order valence-electron chi connectivity index (χ3n) is 2.74. The predicted molar refractivity (Wildman–Crippen MR) is 81.5 cm³/mol. The summed E-state index contributed by atoms with van der Waals surface area (Å²) in [6.45, 7) is 0.219. The highest BCUT2D eigenvalue weighted by molar-refractivity contribution is 9.10. The van der Waals surface area contributed by atoms with E-state index in [0.717, 1.165) is 10.2 Å². The number of nitrogens with two attached hydrogens (primary N) is 1. The van der Waals surface area contributed by atoms with E-state index in [9.17, 15) is 9.18 Å². The van der Waals surface area contributed by atoms with E-state index >= 15 is 0 Å². The molecule has 2 N–H and O–H groups in total. The standard InChI is InChI=1S/C13H18BrFN2OS/c1-17(13(18)12(16)5-6-19-2)8-9-7-10(14)3-4-11(9)15/h3-4,7,12H,5-6,8,16H2,1-2H3/t12-/m0/s1. The number of hydrogen-bond donors (Lipinski definition) is 1. The van der Waals surface area contributed by atoms with Crippen LogP contribution in [0.1, 0.15) is 12.0 Å². The molecule has 0 saturated heterocycles. The second-order valence-corrected chi connectivity index (χ2v) is 6.22. The lowest BCUT2D eigenvalue weighted by Crippen LogP contribution is -2.41. The van der Waals surface area contributed by atoms with Crippen molar-refractivity contribution in [1.29, 1.82) is 0 Å². The molecule has 6 heteroatoms. The maximum absolute atomic E-state index is 13.6. The number of carbonyl (C=O) groups excluding carboxylic acids is 1. The zero-order valence-corrected chi connectivity index (χ0v) is 13.4. The number of hydrogen-bond acceptors (Lipinski definition) is 3. The van der Waals surface area contributed by atoms with Gasteiger partial charge < -0.3 is 10.6 Å². The van der Waals surface area contributed by atoms with Crippen LogP contribution in [0.5, 0.6) is 0 Å². The zero-order valence-electron chi connectivity index (χ0n) is 11.0. The number of nitrogens with zero attached hydrogens (tertiary/aromatic N) is 1. The molecule has 0 aliphatic heterocycles. The molecule has 3 nitrogen and oxygen atoms in total. The fraction of sp³-hybridized carbons (Fsp3) is 0.462. The van der Waals surface area contributed by atoms with Crippen molar-refractivity contribution in [1.82, 2.24) is 4.90 Å². The average molecular weight is 349 g/mol. The van der Waals surface area contributed by atoms with E-state index in [1.54, 1.807) is 30.9 Å². The van der Waals surface area contributed by atoms with E-state index in [-0.39, 0.29) is 18.3 Å². The molecule has 1 aromatic carbocycles. The molecule has 0 aliphatic rings. The molecule has 1 aromatic rings. The van der Waals surface area contributed by atoms with Crippen molar-refractivity contribution >= 4 is 33.6 Å². The molecule has 0 aliphatic carbocycles. The van der Waals surface area contributed by atoms with Crippen LogP contribution in [0.3, 0.4) is 0 Å². The Labute approximate surface area is 125 Å². The maximum atomic E-state index is 13.6. The lowest BCUT2D eigenvalue weighted by atomic mass is 10.1. The highest BCUT2D eigenvalue weighted by Crippen LogP contribution is 2.17. The highest BCUT2D eigenvalue weighted by Gasteiger charge is 2.18. The van der Waals surface area contributed by atoms with Gasteiger partial charge in [-0.05, 0) is 36.6 Å². The lowest BCUT2D eigenvalue weighted by Gasteiger charge is -2.21. The minimum atomic E-state index is -0.521. The van der Waals surface area contributed by atoms with Crippen molar-refractivity contribution in [3.63, 3.8) is 0 Å². The summed E-state index contributed by atoms with van der Waals surface area (Å²) in [6.07, 6.45) is 2.60. The summed E-state index contributed by atoms with van der Waals surface area (Å²) < 4.78 is 14.4. The minimum absolute atomic E-state index is 0.159. The zero-order chi connectivity index (χ0) is 14.4. The second kappa shape index (κ2) is 7.87. The molecule has 0 heterocycles. The van der Waals surface area contributed by atoms with Gasteiger partial charge >= 0.3 is 0 Å². The van der Waals surface area contributed by atoms with Crippen molar-refractivity contribution in [3.8, 4) is 0 Å². The monoisotopic (exact) mass is 348 g/mol. The Morgan fingerprint density at radius 1 is 1.58 bits per heavy atom. The van der Waals surface area contributed by atoms with Crippen molar-refractivity contribution in [3.05, 3.63) is 34.1 Å². The lowest BCUT2D eigenvalue weighted by molar-refractivity contribution is -0.131. The van der Waals surface area contributed by atoms with Gasteiger partial charge in [-0.2, -0.15) is 11.8 Å². The van der Waals surface area contributed by atoms with Crippen LogP contribution in [0.25, 0.3) is 0 Å². The van der Waals surface area contributed by atoms with Crippen LogP contribution < -0.4 is 5.73 Å². The number of benzene rings is 1. The quantitative estimate of drug-likeness (QED) is 0.859. The molecule has 0 spiro atoms. The summed E-state index contributed by atoms with van der Waals surface area (Å²) >= 11 is 4.94. The van der Waals surface area contributed by atoms with Gasteiger partial charge in [0.2, 0.25) is 5.91 Å². The van der Waals surface area contributed by atoms with Crippen LogP contribution in [0, 0.1) is 5.82 Å². The number of amides is 1. The largest absolute Gasteiger partial charge is 0.340 e. The van der Waals surface area contributed by atoms with Gasteiger partial charge in [-0.1, -0.05) is 15.9 Å². The Morgan fingerprint density at radius 3 is 2.89 bits per heavy atom. The number of halogens is 2. The third-order valence-corrected chi connectivity index (χ3v) is 3.88. The SMILES string of the molecule is CSCC[C@H](N)C(=O)N(C)Cc1cc(Br)ccc1F. The van der Waals surface area contributed by atoms with Crippen molar-refractivity contribution in [2.45, 2.75) is 19.0 Å². The fourth-order valence-electron chi connectivity index (χ4n) is 1.65. The summed E-state index contributed by atoms with van der Waals surface area (Å²) in [5, 5.41) is 0. The molecule has 1 atom stereocenters. The Balaban J connectivity index is 2.65. The van der Waals surface area contributed by atoms with Crippen LogP contribution in [0.2, 0.25) is 0 Å². The van der Waals surface area contributed by atoms with E-state index in [1.807, 2.05) is 6.26 Å². The topological polar surface area (TPSA) is 46.3 Å². The molecule has 0 radical (unpaired) electrons. The van der Waals surface area contributed by atoms with E-state index in [0.29, 0.717) is 12.0 Å². The van der Waals surface area contributed by atoms with Crippen LogP contribution in [-0.4, -0.2) is 35.9 Å². The first-order chi connectivity index (χ1) is 8.95. The first kappa shape index (κ1) is 16.5. The molecule has 19 heavy (non-hydrogen) atoms. The fourth-order valence-corrected chi connectivity index (χ4v) is 2.55. The number of likely N-dealkylation sites (N-methyl/N-ethyl adjacent to an activating group) is 1. The van der Waals surface area contributed by atoms with Crippen LogP contribution in [0.4, 0.5) is 4.39 Å². The molecule has 0 aromatic heterocycles. The first-order valence-corrected chi connectivity index (χ1v) is 8.07. The second-order valence-electron chi connectivity index (χ2n) is 4.32. The van der Waals surface area contributed by atoms with E-state index in [2.05, 4.69) is 15.9 Å². The molecule has 0 fully saturated rings. The molecule has 0 saturated carbocycles. The maximum Gasteiger partial charge on any atom is 0.239 e. The normalized spacial score (nSPS) is 12.3. The van der Waals surface area contributed by atoms with Crippen molar-refractivity contribution in [2.75, 3.05) is 19.1 Å². The molecule has 0 unspecified atom stereocenters. The smallest absolute Gasteiger partial charge is 0.239 e. The van der Waals surface area contributed by atoms with Gasteiger partial charge in [-0.3, -0.25) is 4.79 Å². The van der Waals surface area contributed by atoms with Gasteiger partial charge in [-0.15, -0.1) is 0 Å². The molecular formula is C13H18BrFN2OS. The van der Waals surface area contributed by atoms with Gasteiger partial charge in [0.15, 0.2) is 0 Å². The average Bonchev–Trinajstić information content (AvgIpc) is 2.39. The van der Waals surface area contributed by atoms with Crippen LogP contribution >= 0.6 is 27.7 Å². The minimum Gasteiger partial charge on any atom is -0.340 e. The Bertz CT molecular complexity index is 445. The number of rotatable bonds is 6. The highest BCUT2D eigenvalue weighted by atomic mass is 79.9. The van der Waals surface area contributed by atoms with E-state index in [1.165, 1.54) is 11.0 Å². The predicted octanol–water partition coefficient (Wildman–Crippen LogP) is 2.63. The van der Waals surface area contributed by atoms with Gasteiger partial charge in [0.1, 0.15) is 5.82 Å². The third kappa shape index (κ3) is 5.12. The number of carbonyl (C=O) groups is 1. The Kier molecular flexibility index (Phi) is 6.82.